The fourth-order valence-electron chi connectivity index (χ4n) is 3.09. The minimum Gasteiger partial charge on any atom is -0.481 e. The van der Waals surface area contributed by atoms with Gasteiger partial charge in [-0.1, -0.05) is 0 Å². The van der Waals surface area contributed by atoms with E-state index in [-0.39, 0.29) is 19.3 Å². The van der Waals surface area contributed by atoms with Crippen molar-refractivity contribution in [1.29, 1.82) is 0 Å². The van der Waals surface area contributed by atoms with E-state index in [4.69, 9.17) is 24.1 Å². The molecule has 1 rings (SSSR count). The molecule has 0 spiro atoms. The van der Waals surface area contributed by atoms with Crippen LogP contribution in [-0.4, -0.2) is 78.0 Å². The van der Waals surface area contributed by atoms with Gasteiger partial charge in [-0.25, -0.2) is 0 Å². The van der Waals surface area contributed by atoms with Crippen molar-refractivity contribution in [2.75, 3.05) is 6.61 Å². The summed E-state index contributed by atoms with van der Waals surface area (Å²) in [7, 11) is 0. The topological polar surface area (TPSA) is 184 Å². The fourth-order valence-corrected chi connectivity index (χ4v) is 3.09. The van der Waals surface area contributed by atoms with Crippen molar-refractivity contribution in [2.45, 2.75) is 77.5 Å². The molecule has 0 aliphatic carbocycles. The van der Waals surface area contributed by atoms with Crippen LogP contribution < -0.4 is 10.6 Å². The number of carboxylic acids is 1. The minimum absolute atomic E-state index is 0.0546. The van der Waals surface area contributed by atoms with Crippen LogP contribution in [0.3, 0.4) is 0 Å². The van der Waals surface area contributed by atoms with Crippen molar-refractivity contribution in [3.63, 3.8) is 0 Å². The van der Waals surface area contributed by atoms with Crippen molar-refractivity contribution in [3.8, 4) is 0 Å². The second-order valence-corrected chi connectivity index (χ2v) is 7.09. The van der Waals surface area contributed by atoms with Crippen LogP contribution in [0.25, 0.3) is 0 Å². The average Bonchev–Trinajstić information content (AvgIpc) is 2.63. The zero-order chi connectivity index (χ0) is 24.4. The number of hydrogen-bond acceptors (Lipinski definition) is 10. The molecule has 1 aliphatic heterocycles. The molecule has 0 radical (unpaired) electrons. The number of hydrogen-bond donors (Lipinski definition) is 3. The lowest BCUT2D eigenvalue weighted by Crippen LogP contribution is -2.69. The number of carbonyl (C=O) groups excluding carboxylic acids is 5. The third kappa shape index (κ3) is 9.29. The van der Waals surface area contributed by atoms with Crippen LogP contribution in [0.4, 0.5) is 0 Å². The highest BCUT2D eigenvalue weighted by Crippen LogP contribution is 2.26. The van der Waals surface area contributed by atoms with Gasteiger partial charge in [0, 0.05) is 40.5 Å². The Kier molecular flexibility index (Phi) is 10.5. The molecular formula is C19H28N2O11. The van der Waals surface area contributed by atoms with Gasteiger partial charge < -0.3 is 34.7 Å². The highest BCUT2D eigenvalue weighted by Gasteiger charge is 2.51. The fraction of sp³-hybridized carbons (Fsp3) is 0.684. The molecule has 0 aromatic carbocycles. The number of ether oxygens (including phenoxy) is 4. The highest BCUT2D eigenvalue weighted by molar-refractivity contribution is 5.77. The Hall–Kier alpha value is -3.22. The molecular weight excluding hydrogens is 432 g/mol. The number of esters is 3. The Morgan fingerprint density at radius 1 is 0.844 bits per heavy atom. The van der Waals surface area contributed by atoms with Crippen molar-refractivity contribution in [1.82, 2.24) is 10.6 Å². The highest BCUT2D eigenvalue weighted by atomic mass is 16.6. The van der Waals surface area contributed by atoms with E-state index >= 15 is 0 Å². The smallest absolute Gasteiger partial charge is 0.303 e. The second-order valence-electron chi connectivity index (χ2n) is 7.09. The van der Waals surface area contributed by atoms with Crippen LogP contribution in [0, 0.1) is 0 Å². The number of aliphatic carboxylic acids is 1. The van der Waals surface area contributed by atoms with Crippen LogP contribution in [0.2, 0.25) is 0 Å². The van der Waals surface area contributed by atoms with E-state index in [1.54, 1.807) is 0 Å². The third-order valence-corrected chi connectivity index (χ3v) is 4.21. The molecule has 32 heavy (non-hydrogen) atoms. The largest absolute Gasteiger partial charge is 0.481 e. The van der Waals surface area contributed by atoms with Gasteiger partial charge in [0.15, 0.2) is 18.4 Å². The molecule has 0 saturated carbocycles. The first-order valence-corrected chi connectivity index (χ1v) is 9.82. The predicted octanol–water partition coefficient (Wildman–Crippen LogP) is -0.986. The van der Waals surface area contributed by atoms with E-state index in [2.05, 4.69) is 10.6 Å². The summed E-state index contributed by atoms with van der Waals surface area (Å²) in [6.07, 6.45) is -5.31. The molecule has 13 nitrogen and oxygen atoms in total. The molecule has 13 heteroatoms. The lowest BCUT2D eigenvalue weighted by Gasteiger charge is -2.45. The van der Waals surface area contributed by atoms with E-state index in [0.29, 0.717) is 0 Å². The van der Waals surface area contributed by atoms with E-state index in [0.717, 1.165) is 20.8 Å². The number of carbonyl (C=O) groups is 6. The third-order valence-electron chi connectivity index (χ3n) is 4.21. The van der Waals surface area contributed by atoms with E-state index in [9.17, 15) is 28.8 Å². The Morgan fingerprint density at radius 2 is 1.44 bits per heavy atom. The van der Waals surface area contributed by atoms with Crippen LogP contribution in [0.5, 0.6) is 0 Å². The SMILES string of the molecule is CC(=O)N[C@@H]1[C@@H](OC(C)=O)[C@@H](OC(C)=O)[C@@H](COC(C)=O)O[C@H]1NC(=O)CCCC(=O)O. The van der Waals surface area contributed by atoms with Crippen molar-refractivity contribution in [3.05, 3.63) is 0 Å². The summed E-state index contributed by atoms with van der Waals surface area (Å²) in [5.74, 6) is -4.38. The van der Waals surface area contributed by atoms with Gasteiger partial charge in [0.25, 0.3) is 0 Å². The Morgan fingerprint density at radius 3 is 1.94 bits per heavy atom. The maximum Gasteiger partial charge on any atom is 0.303 e. The summed E-state index contributed by atoms with van der Waals surface area (Å²) in [5, 5.41) is 13.7. The Labute approximate surface area is 184 Å². The second kappa shape index (κ2) is 12.6. The van der Waals surface area contributed by atoms with Crippen LogP contribution in [0.1, 0.15) is 47.0 Å². The molecule has 0 unspecified atom stereocenters. The summed E-state index contributed by atoms with van der Waals surface area (Å²) >= 11 is 0. The summed E-state index contributed by atoms with van der Waals surface area (Å²) in [6.45, 7) is 4.14. The van der Waals surface area contributed by atoms with Gasteiger partial charge in [-0.05, 0) is 6.42 Å². The molecule has 2 amide bonds. The first-order valence-electron chi connectivity index (χ1n) is 9.82. The van der Waals surface area contributed by atoms with Gasteiger partial charge in [-0.15, -0.1) is 0 Å². The monoisotopic (exact) mass is 460 g/mol. The minimum atomic E-state index is -1.29. The van der Waals surface area contributed by atoms with E-state index in [1.807, 2.05) is 0 Å². The number of amides is 2. The van der Waals surface area contributed by atoms with Gasteiger partial charge in [-0.2, -0.15) is 0 Å². The Balaban J connectivity index is 3.21. The molecule has 0 aromatic rings. The van der Waals surface area contributed by atoms with E-state index < -0.39 is 72.9 Å². The van der Waals surface area contributed by atoms with Gasteiger partial charge in [0.05, 0.1) is 0 Å². The standard InChI is InChI=1S/C19H28N2O11/c1-9(22)20-16-18(31-12(4)25)17(30-11(3)24)13(8-29-10(2)23)32-19(16)21-14(26)6-5-7-15(27)28/h13,16-19H,5-8H2,1-4H3,(H,20,22)(H,21,26)(H,27,28)/t13-,16-,17+,18-,19-/m1/s1. The van der Waals surface area contributed by atoms with E-state index in [1.165, 1.54) is 6.92 Å². The lowest BCUT2D eigenvalue weighted by molar-refractivity contribution is -0.228. The quantitative estimate of drug-likeness (QED) is 0.269. The van der Waals surface area contributed by atoms with Crippen LogP contribution >= 0.6 is 0 Å². The molecule has 5 atom stereocenters. The summed E-state index contributed by atoms with van der Waals surface area (Å²) in [6, 6.07) is -1.17. The van der Waals surface area contributed by atoms with Gasteiger partial charge in [0.2, 0.25) is 11.8 Å². The van der Waals surface area contributed by atoms with Gasteiger partial charge in [0.1, 0.15) is 18.8 Å². The molecule has 0 bridgehead atoms. The molecule has 1 aliphatic rings. The molecule has 1 heterocycles. The average molecular weight is 460 g/mol. The number of nitrogens with one attached hydrogen (secondary N) is 2. The molecule has 1 fully saturated rings. The summed E-state index contributed by atoms with van der Waals surface area (Å²) in [4.78, 5) is 69.4. The normalized spacial score (nSPS) is 24.6. The lowest BCUT2D eigenvalue weighted by atomic mass is 9.95. The predicted molar refractivity (Wildman–Crippen MR) is 104 cm³/mol. The zero-order valence-electron chi connectivity index (χ0n) is 18.2. The number of carboxylic acid groups (broad SMARTS) is 1. The first-order chi connectivity index (χ1) is 14.9. The molecule has 180 valence electrons. The van der Waals surface area contributed by atoms with Crippen molar-refractivity contribution < 1.29 is 52.8 Å². The zero-order valence-corrected chi connectivity index (χ0v) is 18.2. The van der Waals surface area contributed by atoms with Crippen LogP contribution in [-0.2, 0) is 47.7 Å². The first kappa shape index (κ1) is 26.8. The summed E-state index contributed by atoms with van der Waals surface area (Å²) in [5.41, 5.74) is 0. The molecule has 0 aromatic heterocycles. The molecule has 1 saturated heterocycles. The van der Waals surface area contributed by atoms with Crippen molar-refractivity contribution >= 4 is 35.7 Å². The maximum atomic E-state index is 12.3. The van der Waals surface area contributed by atoms with Gasteiger partial charge >= 0.3 is 23.9 Å². The summed E-state index contributed by atoms with van der Waals surface area (Å²) < 4.78 is 21.3. The molecule has 3 N–H and O–H groups in total. The van der Waals surface area contributed by atoms with Crippen LogP contribution in [0.15, 0.2) is 0 Å². The van der Waals surface area contributed by atoms with Crippen molar-refractivity contribution in [2.24, 2.45) is 0 Å². The Bertz CT molecular complexity index is 739. The number of rotatable bonds is 10. The van der Waals surface area contributed by atoms with Gasteiger partial charge in [-0.3, -0.25) is 28.8 Å². The maximum absolute atomic E-state index is 12.3.